The van der Waals surface area contributed by atoms with Crippen LogP contribution in [0.2, 0.25) is 0 Å². The van der Waals surface area contributed by atoms with E-state index in [1.807, 2.05) is 36.4 Å². The van der Waals surface area contributed by atoms with Crippen molar-refractivity contribution in [1.29, 1.82) is 0 Å². The maximum absolute atomic E-state index is 6.26. The molecule has 1 aliphatic carbocycles. The van der Waals surface area contributed by atoms with E-state index >= 15 is 0 Å². The molecule has 0 spiro atoms. The second-order valence-corrected chi connectivity index (χ2v) is 5.98. The van der Waals surface area contributed by atoms with E-state index in [-0.39, 0.29) is 0 Å². The molecule has 2 aromatic carbocycles. The third-order valence-electron chi connectivity index (χ3n) is 4.34. The number of benzene rings is 2. The lowest BCUT2D eigenvalue weighted by Crippen LogP contribution is -2.34. The lowest BCUT2D eigenvalue weighted by Gasteiger charge is -2.28. The minimum Gasteiger partial charge on any atom is -0.457 e. The van der Waals surface area contributed by atoms with Crippen LogP contribution in [0.15, 0.2) is 54.6 Å². The van der Waals surface area contributed by atoms with Crippen molar-refractivity contribution < 1.29 is 4.74 Å². The molecule has 0 heterocycles. The van der Waals surface area contributed by atoms with Crippen molar-refractivity contribution in [2.24, 2.45) is 11.7 Å². The Labute approximate surface area is 126 Å². The van der Waals surface area contributed by atoms with Crippen LogP contribution in [0.5, 0.6) is 11.5 Å². The molecule has 2 N–H and O–H groups in total. The van der Waals surface area contributed by atoms with Gasteiger partial charge < -0.3 is 10.5 Å². The average Bonchev–Trinajstić information content (AvgIpc) is 2.51. The van der Waals surface area contributed by atoms with Crippen LogP contribution in [0.25, 0.3) is 0 Å². The summed E-state index contributed by atoms with van der Waals surface area (Å²) in [5.74, 6) is 2.40. The van der Waals surface area contributed by atoms with Crippen molar-refractivity contribution in [3.8, 4) is 11.5 Å². The van der Waals surface area contributed by atoms with Crippen LogP contribution in [-0.4, -0.2) is 6.04 Å². The molecule has 1 fully saturated rings. The predicted molar refractivity (Wildman–Crippen MR) is 86.6 cm³/mol. The van der Waals surface area contributed by atoms with Gasteiger partial charge in [-0.2, -0.15) is 0 Å². The van der Waals surface area contributed by atoms with E-state index in [2.05, 4.69) is 18.2 Å². The SMILES string of the molecule is NC1CCCCC1Cc1cccc(Oc2ccccc2)c1. The summed E-state index contributed by atoms with van der Waals surface area (Å²) in [5.41, 5.74) is 7.58. The van der Waals surface area contributed by atoms with Crippen LogP contribution in [0.4, 0.5) is 0 Å². The van der Waals surface area contributed by atoms with Crippen molar-refractivity contribution in [3.05, 3.63) is 60.2 Å². The molecule has 3 rings (SSSR count). The monoisotopic (exact) mass is 281 g/mol. The number of ether oxygens (including phenoxy) is 1. The maximum Gasteiger partial charge on any atom is 0.127 e. The second kappa shape index (κ2) is 6.77. The molecule has 1 saturated carbocycles. The van der Waals surface area contributed by atoms with Gasteiger partial charge in [0.2, 0.25) is 0 Å². The highest BCUT2D eigenvalue weighted by Gasteiger charge is 2.21. The van der Waals surface area contributed by atoms with Crippen molar-refractivity contribution in [2.45, 2.75) is 38.1 Å². The summed E-state index contributed by atoms with van der Waals surface area (Å²) in [6, 6.07) is 18.7. The molecule has 0 amide bonds. The van der Waals surface area contributed by atoms with E-state index in [0.29, 0.717) is 12.0 Å². The average molecular weight is 281 g/mol. The fourth-order valence-electron chi connectivity index (χ4n) is 3.15. The van der Waals surface area contributed by atoms with Gasteiger partial charge in [0.05, 0.1) is 0 Å². The van der Waals surface area contributed by atoms with Gasteiger partial charge in [0.1, 0.15) is 11.5 Å². The fraction of sp³-hybridized carbons (Fsp3) is 0.368. The number of para-hydroxylation sites is 1. The zero-order valence-corrected chi connectivity index (χ0v) is 12.4. The molecular formula is C19H23NO. The highest BCUT2D eigenvalue weighted by molar-refractivity contribution is 5.34. The first-order chi connectivity index (χ1) is 10.3. The van der Waals surface area contributed by atoms with Crippen molar-refractivity contribution in [1.82, 2.24) is 0 Å². The van der Waals surface area contributed by atoms with Gasteiger partial charge in [-0.05, 0) is 55.0 Å². The lowest BCUT2D eigenvalue weighted by molar-refractivity contribution is 0.306. The largest absolute Gasteiger partial charge is 0.457 e. The van der Waals surface area contributed by atoms with Gasteiger partial charge in [-0.3, -0.25) is 0 Å². The highest BCUT2D eigenvalue weighted by atomic mass is 16.5. The Balaban J connectivity index is 1.68. The molecule has 21 heavy (non-hydrogen) atoms. The molecule has 0 aromatic heterocycles. The second-order valence-electron chi connectivity index (χ2n) is 5.98. The Morgan fingerprint density at radius 1 is 0.905 bits per heavy atom. The predicted octanol–water partition coefficient (Wildman–Crippen LogP) is 4.54. The van der Waals surface area contributed by atoms with E-state index in [0.717, 1.165) is 17.9 Å². The van der Waals surface area contributed by atoms with Crippen LogP contribution in [0, 0.1) is 5.92 Å². The van der Waals surface area contributed by atoms with Gasteiger partial charge in [0.25, 0.3) is 0 Å². The molecule has 0 saturated heterocycles. The Morgan fingerprint density at radius 2 is 1.67 bits per heavy atom. The van der Waals surface area contributed by atoms with Gasteiger partial charge >= 0.3 is 0 Å². The Morgan fingerprint density at radius 3 is 2.48 bits per heavy atom. The Bertz CT molecular complexity index is 567. The van der Waals surface area contributed by atoms with Crippen molar-refractivity contribution in [2.75, 3.05) is 0 Å². The van der Waals surface area contributed by atoms with E-state index in [1.54, 1.807) is 0 Å². The van der Waals surface area contributed by atoms with Gasteiger partial charge in [0.15, 0.2) is 0 Å². The lowest BCUT2D eigenvalue weighted by atomic mass is 9.81. The first kappa shape index (κ1) is 14.2. The molecule has 2 heteroatoms. The van der Waals surface area contributed by atoms with Crippen LogP contribution in [0.1, 0.15) is 31.2 Å². The molecule has 2 nitrogen and oxygen atoms in total. The van der Waals surface area contributed by atoms with Crippen LogP contribution < -0.4 is 10.5 Å². The first-order valence-electron chi connectivity index (χ1n) is 7.89. The van der Waals surface area contributed by atoms with Crippen LogP contribution in [-0.2, 0) is 6.42 Å². The summed E-state index contributed by atoms with van der Waals surface area (Å²) in [4.78, 5) is 0. The fourth-order valence-corrected chi connectivity index (χ4v) is 3.15. The summed E-state index contributed by atoms with van der Waals surface area (Å²) >= 11 is 0. The summed E-state index contributed by atoms with van der Waals surface area (Å²) in [5, 5.41) is 0. The van der Waals surface area contributed by atoms with E-state index in [9.17, 15) is 0 Å². The molecule has 110 valence electrons. The number of rotatable bonds is 4. The molecule has 2 aromatic rings. The van der Waals surface area contributed by atoms with E-state index in [1.165, 1.54) is 31.2 Å². The molecule has 1 aliphatic rings. The number of hydrogen-bond donors (Lipinski definition) is 1. The van der Waals surface area contributed by atoms with Crippen molar-refractivity contribution >= 4 is 0 Å². The molecule has 0 bridgehead atoms. The summed E-state index contributed by atoms with van der Waals surface area (Å²) in [6.07, 6.45) is 6.09. The minimum atomic E-state index is 0.359. The highest BCUT2D eigenvalue weighted by Crippen LogP contribution is 2.28. The quantitative estimate of drug-likeness (QED) is 0.893. The zero-order chi connectivity index (χ0) is 14.5. The topological polar surface area (TPSA) is 35.2 Å². The summed E-state index contributed by atoms with van der Waals surface area (Å²) < 4.78 is 5.90. The first-order valence-corrected chi connectivity index (χ1v) is 7.89. The zero-order valence-electron chi connectivity index (χ0n) is 12.4. The van der Waals surface area contributed by atoms with Crippen LogP contribution in [0.3, 0.4) is 0 Å². The smallest absolute Gasteiger partial charge is 0.127 e. The number of hydrogen-bond acceptors (Lipinski definition) is 2. The van der Waals surface area contributed by atoms with Gasteiger partial charge in [0, 0.05) is 6.04 Å². The Hall–Kier alpha value is -1.80. The van der Waals surface area contributed by atoms with Gasteiger partial charge in [-0.25, -0.2) is 0 Å². The molecule has 2 unspecified atom stereocenters. The van der Waals surface area contributed by atoms with Crippen LogP contribution >= 0.6 is 0 Å². The number of nitrogens with two attached hydrogens (primary N) is 1. The van der Waals surface area contributed by atoms with Gasteiger partial charge in [-0.1, -0.05) is 43.2 Å². The third kappa shape index (κ3) is 3.85. The van der Waals surface area contributed by atoms with Crippen molar-refractivity contribution in [3.63, 3.8) is 0 Å². The maximum atomic E-state index is 6.26. The molecule has 2 atom stereocenters. The summed E-state index contributed by atoms with van der Waals surface area (Å²) in [7, 11) is 0. The molecule has 0 aliphatic heterocycles. The minimum absolute atomic E-state index is 0.359. The standard InChI is InChI=1S/C19H23NO/c20-19-12-5-4-8-16(19)13-15-7-6-11-18(14-15)21-17-9-2-1-3-10-17/h1-3,6-7,9-11,14,16,19H,4-5,8,12-13,20H2. The van der Waals surface area contributed by atoms with E-state index in [4.69, 9.17) is 10.5 Å². The third-order valence-corrected chi connectivity index (χ3v) is 4.34. The molecule has 0 radical (unpaired) electrons. The normalized spacial score (nSPS) is 22.0. The Kier molecular flexibility index (Phi) is 4.56. The summed E-state index contributed by atoms with van der Waals surface area (Å²) in [6.45, 7) is 0. The van der Waals surface area contributed by atoms with E-state index < -0.39 is 0 Å². The van der Waals surface area contributed by atoms with Gasteiger partial charge in [-0.15, -0.1) is 0 Å². The molecular weight excluding hydrogens is 258 g/mol.